The molecule has 3 N–H and O–H groups in total. The Labute approximate surface area is 98.9 Å². The van der Waals surface area contributed by atoms with Crippen molar-refractivity contribution in [2.24, 2.45) is 0 Å². The highest BCUT2D eigenvalue weighted by molar-refractivity contribution is 5.93. The van der Waals surface area contributed by atoms with Crippen LogP contribution in [0.2, 0.25) is 0 Å². The summed E-state index contributed by atoms with van der Waals surface area (Å²) in [6.45, 7) is 0. The van der Waals surface area contributed by atoms with Crippen molar-refractivity contribution in [1.29, 1.82) is 0 Å². The fourth-order valence-corrected chi connectivity index (χ4v) is 2.08. The molecule has 1 heterocycles. The maximum absolute atomic E-state index is 11.8. The number of amides is 1. The number of hydrogen-bond donors (Lipinski definition) is 3. The molecule has 0 aliphatic heterocycles. The molecular formula is C12H16N2O3. The predicted molar refractivity (Wildman–Crippen MR) is 62.8 cm³/mol. The van der Waals surface area contributed by atoms with Crippen LogP contribution in [0.25, 0.3) is 0 Å². The third kappa shape index (κ3) is 2.94. The Hall–Kier alpha value is -1.62. The first kappa shape index (κ1) is 11.9. The number of aliphatic hydroxyl groups is 1. The highest BCUT2D eigenvalue weighted by atomic mass is 16.3. The SMILES string of the molecule is O=C(NC1CCC(O)CC1)c1c[nH]ccc1=O. The van der Waals surface area contributed by atoms with Gasteiger partial charge in [-0.1, -0.05) is 0 Å². The van der Waals surface area contributed by atoms with E-state index in [4.69, 9.17) is 0 Å². The van der Waals surface area contributed by atoms with E-state index in [1.807, 2.05) is 0 Å². The smallest absolute Gasteiger partial charge is 0.256 e. The molecule has 17 heavy (non-hydrogen) atoms. The average molecular weight is 236 g/mol. The molecule has 0 spiro atoms. The molecule has 0 radical (unpaired) electrons. The van der Waals surface area contributed by atoms with E-state index in [0.717, 1.165) is 12.8 Å². The van der Waals surface area contributed by atoms with E-state index >= 15 is 0 Å². The second-order valence-corrected chi connectivity index (χ2v) is 4.40. The molecule has 1 aromatic rings. The van der Waals surface area contributed by atoms with Crippen molar-refractivity contribution < 1.29 is 9.90 Å². The van der Waals surface area contributed by atoms with Crippen LogP contribution in [0.1, 0.15) is 36.0 Å². The van der Waals surface area contributed by atoms with Crippen molar-refractivity contribution in [3.8, 4) is 0 Å². The van der Waals surface area contributed by atoms with Crippen molar-refractivity contribution in [2.75, 3.05) is 0 Å². The number of H-pyrrole nitrogens is 1. The first-order chi connectivity index (χ1) is 8.16. The number of nitrogens with one attached hydrogen (secondary N) is 2. The quantitative estimate of drug-likeness (QED) is 0.695. The molecule has 1 aliphatic rings. The molecule has 92 valence electrons. The highest BCUT2D eigenvalue weighted by Gasteiger charge is 2.21. The Bertz CT molecular complexity index is 447. The normalized spacial score (nSPS) is 24.3. The van der Waals surface area contributed by atoms with E-state index in [2.05, 4.69) is 10.3 Å². The molecule has 5 heteroatoms. The number of hydrogen-bond acceptors (Lipinski definition) is 3. The molecule has 1 aromatic heterocycles. The summed E-state index contributed by atoms with van der Waals surface area (Å²) in [5.74, 6) is -0.340. The van der Waals surface area contributed by atoms with Crippen LogP contribution in [0.3, 0.4) is 0 Å². The Morgan fingerprint density at radius 1 is 1.35 bits per heavy atom. The lowest BCUT2D eigenvalue weighted by Gasteiger charge is -2.26. The van der Waals surface area contributed by atoms with Gasteiger partial charge in [0.1, 0.15) is 5.56 Å². The molecule has 2 rings (SSSR count). The van der Waals surface area contributed by atoms with Crippen molar-refractivity contribution >= 4 is 5.91 Å². The van der Waals surface area contributed by atoms with Crippen LogP contribution < -0.4 is 10.7 Å². The number of aromatic nitrogens is 1. The Morgan fingerprint density at radius 2 is 2.06 bits per heavy atom. The van der Waals surface area contributed by atoms with E-state index in [1.165, 1.54) is 18.5 Å². The van der Waals surface area contributed by atoms with Crippen molar-refractivity contribution in [1.82, 2.24) is 10.3 Å². The zero-order valence-electron chi connectivity index (χ0n) is 9.48. The Balaban J connectivity index is 1.98. The molecule has 5 nitrogen and oxygen atoms in total. The van der Waals surface area contributed by atoms with Crippen LogP contribution in [-0.4, -0.2) is 28.1 Å². The predicted octanol–water partition coefficient (Wildman–Crippen LogP) is 0.408. The maximum atomic E-state index is 11.8. The molecule has 0 aromatic carbocycles. The summed E-state index contributed by atoms with van der Waals surface area (Å²) in [6.07, 6.45) is 5.59. The van der Waals surface area contributed by atoms with Crippen LogP contribution in [0.5, 0.6) is 0 Å². The number of carbonyl (C=O) groups excluding carboxylic acids is 1. The molecule has 1 aliphatic carbocycles. The summed E-state index contributed by atoms with van der Waals surface area (Å²) < 4.78 is 0. The van der Waals surface area contributed by atoms with E-state index in [-0.39, 0.29) is 29.0 Å². The molecule has 0 bridgehead atoms. The number of carbonyl (C=O) groups is 1. The fraction of sp³-hybridized carbons (Fsp3) is 0.500. The fourth-order valence-electron chi connectivity index (χ4n) is 2.08. The van der Waals surface area contributed by atoms with E-state index in [0.29, 0.717) is 12.8 Å². The standard InChI is InChI=1S/C12H16N2O3/c15-9-3-1-8(2-4-9)14-12(17)10-7-13-6-5-11(10)16/h5-9,15H,1-4H2,(H,13,16)(H,14,17). The van der Waals surface area contributed by atoms with Gasteiger partial charge in [-0.3, -0.25) is 9.59 Å². The third-order valence-corrected chi connectivity index (χ3v) is 3.10. The van der Waals surface area contributed by atoms with Gasteiger partial charge in [-0.2, -0.15) is 0 Å². The van der Waals surface area contributed by atoms with Gasteiger partial charge in [0.2, 0.25) is 0 Å². The Kier molecular flexibility index (Phi) is 3.58. The molecule has 0 saturated heterocycles. The first-order valence-electron chi connectivity index (χ1n) is 5.83. The van der Waals surface area contributed by atoms with Gasteiger partial charge in [0, 0.05) is 24.5 Å². The summed E-state index contributed by atoms with van der Waals surface area (Å²) in [7, 11) is 0. The minimum Gasteiger partial charge on any atom is -0.393 e. The van der Waals surface area contributed by atoms with Gasteiger partial charge < -0.3 is 15.4 Å². The number of aliphatic hydroxyl groups excluding tert-OH is 1. The van der Waals surface area contributed by atoms with Crippen LogP contribution in [-0.2, 0) is 0 Å². The lowest BCUT2D eigenvalue weighted by Crippen LogP contribution is -2.40. The highest BCUT2D eigenvalue weighted by Crippen LogP contribution is 2.18. The molecule has 1 fully saturated rings. The van der Waals surface area contributed by atoms with Gasteiger partial charge in [-0.15, -0.1) is 0 Å². The minimum absolute atomic E-state index is 0.0607. The number of rotatable bonds is 2. The van der Waals surface area contributed by atoms with Crippen LogP contribution in [0, 0.1) is 0 Å². The van der Waals surface area contributed by atoms with E-state index in [9.17, 15) is 14.7 Å². The summed E-state index contributed by atoms with van der Waals surface area (Å²) in [5.41, 5.74) is -0.143. The second-order valence-electron chi connectivity index (χ2n) is 4.40. The summed E-state index contributed by atoms with van der Waals surface area (Å²) in [4.78, 5) is 26.0. The van der Waals surface area contributed by atoms with Gasteiger partial charge in [0.05, 0.1) is 6.10 Å². The van der Waals surface area contributed by atoms with Crippen LogP contribution in [0.4, 0.5) is 0 Å². The summed E-state index contributed by atoms with van der Waals surface area (Å²) in [6, 6.07) is 1.39. The van der Waals surface area contributed by atoms with Crippen LogP contribution >= 0.6 is 0 Å². The minimum atomic E-state index is -0.340. The van der Waals surface area contributed by atoms with E-state index in [1.54, 1.807) is 0 Å². The molecule has 0 unspecified atom stereocenters. The molecular weight excluding hydrogens is 220 g/mol. The lowest BCUT2D eigenvalue weighted by atomic mass is 9.93. The number of aromatic amines is 1. The lowest BCUT2D eigenvalue weighted by molar-refractivity contribution is 0.0866. The zero-order valence-corrected chi connectivity index (χ0v) is 9.48. The van der Waals surface area contributed by atoms with Crippen molar-refractivity contribution in [3.63, 3.8) is 0 Å². The third-order valence-electron chi connectivity index (χ3n) is 3.10. The van der Waals surface area contributed by atoms with Gasteiger partial charge in [-0.05, 0) is 25.7 Å². The average Bonchev–Trinajstić information content (AvgIpc) is 2.32. The monoisotopic (exact) mass is 236 g/mol. The van der Waals surface area contributed by atoms with Gasteiger partial charge in [-0.25, -0.2) is 0 Å². The summed E-state index contributed by atoms with van der Waals surface area (Å²) >= 11 is 0. The molecule has 1 saturated carbocycles. The second kappa shape index (κ2) is 5.14. The van der Waals surface area contributed by atoms with Crippen molar-refractivity contribution in [3.05, 3.63) is 34.2 Å². The maximum Gasteiger partial charge on any atom is 0.256 e. The Morgan fingerprint density at radius 3 is 2.71 bits per heavy atom. The van der Waals surface area contributed by atoms with Gasteiger partial charge in [0.25, 0.3) is 5.91 Å². The van der Waals surface area contributed by atoms with Crippen LogP contribution in [0.15, 0.2) is 23.3 Å². The number of pyridine rings is 1. The van der Waals surface area contributed by atoms with Gasteiger partial charge in [0.15, 0.2) is 5.43 Å². The topological polar surface area (TPSA) is 82.2 Å². The van der Waals surface area contributed by atoms with Crippen molar-refractivity contribution in [2.45, 2.75) is 37.8 Å². The zero-order chi connectivity index (χ0) is 12.3. The van der Waals surface area contributed by atoms with Gasteiger partial charge >= 0.3 is 0 Å². The molecule has 0 atom stereocenters. The van der Waals surface area contributed by atoms with E-state index < -0.39 is 0 Å². The summed E-state index contributed by atoms with van der Waals surface area (Å²) in [5, 5.41) is 12.2. The largest absolute Gasteiger partial charge is 0.393 e. The molecule has 1 amide bonds. The first-order valence-corrected chi connectivity index (χ1v) is 5.83.